The monoisotopic (exact) mass is 382 g/mol. The molecule has 0 heterocycles. The number of carboxylic acid groups (broad SMARTS) is 1. The molecule has 0 aliphatic heterocycles. The summed E-state index contributed by atoms with van der Waals surface area (Å²) in [7, 11) is -2.69. The molecule has 144 valence electrons. The van der Waals surface area contributed by atoms with Gasteiger partial charge in [0.25, 0.3) is 8.32 Å². The molecule has 1 aliphatic carbocycles. The van der Waals surface area contributed by atoms with Gasteiger partial charge in [0.15, 0.2) is 0 Å². The van der Waals surface area contributed by atoms with Crippen LogP contribution in [0.1, 0.15) is 40.5 Å². The molecule has 2 aromatic carbocycles. The number of carbonyl (C=O) groups is 1. The van der Waals surface area contributed by atoms with E-state index in [4.69, 9.17) is 4.43 Å². The Morgan fingerprint density at radius 3 is 1.85 bits per heavy atom. The first-order valence-electron chi connectivity index (χ1n) is 9.77. The lowest BCUT2D eigenvalue weighted by molar-refractivity contribution is -0.144. The molecule has 1 unspecified atom stereocenters. The van der Waals surface area contributed by atoms with Gasteiger partial charge in [-0.2, -0.15) is 0 Å². The molecule has 1 fully saturated rings. The van der Waals surface area contributed by atoms with Crippen molar-refractivity contribution in [2.75, 3.05) is 0 Å². The maximum Gasteiger partial charge on any atom is 0.309 e. The summed E-state index contributed by atoms with van der Waals surface area (Å²) in [5, 5.41) is 12.0. The quantitative estimate of drug-likeness (QED) is 0.793. The Hall–Kier alpha value is -1.91. The minimum Gasteiger partial charge on any atom is -0.481 e. The minimum absolute atomic E-state index is 0.134. The fourth-order valence-corrected chi connectivity index (χ4v) is 9.28. The van der Waals surface area contributed by atoms with Crippen molar-refractivity contribution in [2.45, 2.75) is 51.7 Å². The van der Waals surface area contributed by atoms with Crippen LogP contribution < -0.4 is 10.4 Å². The number of benzene rings is 2. The summed E-state index contributed by atoms with van der Waals surface area (Å²) in [6, 6.07) is 20.9. The van der Waals surface area contributed by atoms with Crippen molar-refractivity contribution in [1.82, 2.24) is 0 Å². The highest BCUT2D eigenvalue weighted by atomic mass is 28.4. The molecule has 0 radical (unpaired) electrons. The van der Waals surface area contributed by atoms with Crippen LogP contribution in [0.25, 0.3) is 0 Å². The third-order valence-electron chi connectivity index (χ3n) is 5.80. The molecule has 1 aliphatic rings. The van der Waals surface area contributed by atoms with Crippen molar-refractivity contribution in [3.05, 3.63) is 60.7 Å². The van der Waals surface area contributed by atoms with E-state index in [9.17, 15) is 9.90 Å². The highest BCUT2D eigenvalue weighted by Gasteiger charge is 2.53. The van der Waals surface area contributed by atoms with Gasteiger partial charge < -0.3 is 9.53 Å². The lowest BCUT2D eigenvalue weighted by Crippen LogP contribution is -2.68. The molecular formula is C23H30O3Si. The van der Waals surface area contributed by atoms with E-state index in [-0.39, 0.29) is 11.1 Å². The van der Waals surface area contributed by atoms with E-state index in [1.807, 2.05) is 12.1 Å². The zero-order valence-electron chi connectivity index (χ0n) is 16.7. The molecule has 1 saturated carbocycles. The van der Waals surface area contributed by atoms with Crippen LogP contribution in [-0.2, 0) is 9.22 Å². The Morgan fingerprint density at radius 2 is 1.44 bits per heavy atom. The van der Waals surface area contributed by atoms with Gasteiger partial charge in [0.1, 0.15) is 0 Å². The number of rotatable bonds is 5. The van der Waals surface area contributed by atoms with Gasteiger partial charge in [0.2, 0.25) is 0 Å². The first-order chi connectivity index (χ1) is 12.8. The largest absolute Gasteiger partial charge is 0.481 e. The van der Waals surface area contributed by atoms with Crippen molar-refractivity contribution in [3.63, 3.8) is 0 Å². The molecule has 2 aromatic rings. The fraction of sp³-hybridized carbons (Fsp3) is 0.435. The molecule has 3 nitrogen and oxygen atoms in total. The molecular weight excluding hydrogens is 352 g/mol. The Morgan fingerprint density at radius 1 is 0.963 bits per heavy atom. The topological polar surface area (TPSA) is 46.5 Å². The van der Waals surface area contributed by atoms with Crippen LogP contribution in [0, 0.1) is 11.8 Å². The van der Waals surface area contributed by atoms with Gasteiger partial charge in [-0.15, -0.1) is 0 Å². The van der Waals surface area contributed by atoms with Gasteiger partial charge in [-0.05, 0) is 34.2 Å². The smallest absolute Gasteiger partial charge is 0.309 e. The Labute approximate surface area is 163 Å². The second-order valence-corrected chi connectivity index (χ2v) is 13.1. The van der Waals surface area contributed by atoms with Gasteiger partial charge in [0, 0.05) is 0 Å². The van der Waals surface area contributed by atoms with Gasteiger partial charge in [-0.1, -0.05) is 88.4 Å². The lowest BCUT2D eigenvalue weighted by atomic mass is 10.1. The van der Waals surface area contributed by atoms with E-state index in [0.29, 0.717) is 12.3 Å². The second-order valence-electron chi connectivity index (χ2n) is 8.84. The van der Waals surface area contributed by atoms with Crippen molar-refractivity contribution < 1.29 is 14.3 Å². The van der Waals surface area contributed by atoms with E-state index >= 15 is 0 Å². The van der Waals surface area contributed by atoms with Crippen LogP contribution in [0.2, 0.25) is 5.04 Å². The number of aliphatic carboxylic acids is 1. The molecule has 27 heavy (non-hydrogen) atoms. The zero-order valence-corrected chi connectivity index (χ0v) is 17.7. The van der Waals surface area contributed by atoms with Crippen LogP contribution in [0.15, 0.2) is 60.7 Å². The minimum atomic E-state index is -2.69. The first-order valence-corrected chi connectivity index (χ1v) is 11.7. The van der Waals surface area contributed by atoms with E-state index in [0.717, 1.165) is 6.42 Å². The maximum absolute atomic E-state index is 11.9. The predicted octanol–water partition coefficient (Wildman–Crippen LogP) is 4.06. The average molecular weight is 383 g/mol. The van der Waals surface area contributed by atoms with Crippen molar-refractivity contribution in [3.8, 4) is 0 Å². The van der Waals surface area contributed by atoms with Gasteiger partial charge >= 0.3 is 5.97 Å². The Kier molecular flexibility index (Phi) is 5.59. The zero-order chi connectivity index (χ0) is 19.7. The van der Waals surface area contributed by atoms with E-state index in [2.05, 4.69) is 76.2 Å². The van der Waals surface area contributed by atoms with Crippen molar-refractivity contribution in [2.24, 2.45) is 11.8 Å². The molecule has 0 aromatic heterocycles. The average Bonchev–Trinajstić information content (AvgIpc) is 3.00. The number of hydrogen-bond donors (Lipinski definition) is 1. The molecule has 1 N–H and O–H groups in total. The van der Waals surface area contributed by atoms with Crippen LogP contribution in [0.3, 0.4) is 0 Å². The summed E-state index contributed by atoms with van der Waals surface area (Å²) in [6.07, 6.45) is 1.25. The standard InChI is InChI=1S/C23H30O3Si/c1-17-15-20(22(24)25)21(16-17)26-27(23(2,3)4,18-11-7-5-8-12-18)19-13-9-6-10-14-19/h5-14,17,20-21H,15-16H2,1-4H3,(H,24,25)/t17?,20-,21-/m1/s1. The van der Waals surface area contributed by atoms with E-state index < -0.39 is 20.2 Å². The second kappa shape index (κ2) is 7.61. The Balaban J connectivity index is 2.17. The molecule has 0 bridgehead atoms. The lowest BCUT2D eigenvalue weighted by Gasteiger charge is -2.45. The molecule has 3 rings (SSSR count). The summed E-state index contributed by atoms with van der Waals surface area (Å²) in [5.41, 5.74) is 0. The van der Waals surface area contributed by atoms with Crippen LogP contribution in [0.5, 0.6) is 0 Å². The summed E-state index contributed by atoms with van der Waals surface area (Å²) in [5.74, 6) is -0.793. The Bertz CT molecular complexity index is 728. The summed E-state index contributed by atoms with van der Waals surface area (Å²) < 4.78 is 7.04. The number of hydrogen-bond acceptors (Lipinski definition) is 2. The maximum atomic E-state index is 11.9. The van der Waals surface area contributed by atoms with Gasteiger partial charge in [-0.3, -0.25) is 4.79 Å². The molecule has 4 heteroatoms. The van der Waals surface area contributed by atoms with E-state index in [1.54, 1.807) is 0 Å². The van der Waals surface area contributed by atoms with Crippen molar-refractivity contribution >= 4 is 24.7 Å². The fourth-order valence-electron chi connectivity index (χ4n) is 4.55. The van der Waals surface area contributed by atoms with E-state index in [1.165, 1.54) is 10.4 Å². The van der Waals surface area contributed by atoms with Gasteiger partial charge in [-0.25, -0.2) is 0 Å². The number of carboxylic acids is 1. The highest BCUT2D eigenvalue weighted by Crippen LogP contribution is 2.42. The molecule has 0 saturated heterocycles. The molecule has 0 amide bonds. The summed E-state index contributed by atoms with van der Waals surface area (Å²) in [6.45, 7) is 8.82. The third kappa shape index (κ3) is 3.74. The first kappa shape index (κ1) is 19.8. The SMILES string of the molecule is CC1C[C@@H](O[Si](c2ccccc2)(c2ccccc2)C(C)(C)C)[C@H](C(=O)O)C1. The van der Waals surface area contributed by atoms with Crippen molar-refractivity contribution in [1.29, 1.82) is 0 Å². The van der Waals surface area contributed by atoms with Crippen LogP contribution >= 0.6 is 0 Å². The summed E-state index contributed by atoms with van der Waals surface area (Å²) >= 11 is 0. The third-order valence-corrected chi connectivity index (χ3v) is 10.9. The normalized spacial score (nSPS) is 23.3. The molecule has 0 spiro atoms. The molecule has 3 atom stereocenters. The highest BCUT2D eigenvalue weighted by molar-refractivity contribution is 6.99. The van der Waals surface area contributed by atoms with Crippen LogP contribution in [0.4, 0.5) is 0 Å². The predicted molar refractivity (Wildman–Crippen MR) is 112 cm³/mol. The van der Waals surface area contributed by atoms with Crippen LogP contribution in [-0.4, -0.2) is 25.5 Å². The van der Waals surface area contributed by atoms with Gasteiger partial charge in [0.05, 0.1) is 12.0 Å². The summed E-state index contributed by atoms with van der Waals surface area (Å²) in [4.78, 5) is 11.9.